The number of fused-ring (bicyclic) bond motifs is 2. The average molecular weight is 362 g/mol. The van der Waals surface area contributed by atoms with E-state index in [-0.39, 0.29) is 12.0 Å². The number of likely N-dealkylation sites (N-methyl/N-ethyl adjacent to an activating group) is 2. The first-order chi connectivity index (χ1) is 13.2. The van der Waals surface area contributed by atoms with Crippen molar-refractivity contribution in [2.45, 2.75) is 13.0 Å². The summed E-state index contributed by atoms with van der Waals surface area (Å²) < 4.78 is 6.12. The van der Waals surface area contributed by atoms with Gasteiger partial charge in [-0.1, -0.05) is 24.3 Å². The van der Waals surface area contributed by atoms with Gasteiger partial charge in [0.1, 0.15) is 17.5 Å². The van der Waals surface area contributed by atoms with Crippen LogP contribution in [-0.4, -0.2) is 53.6 Å². The van der Waals surface area contributed by atoms with Crippen LogP contribution in [0.4, 0.5) is 5.69 Å². The Balaban J connectivity index is 1.49. The summed E-state index contributed by atoms with van der Waals surface area (Å²) in [6, 6.07) is 15.6. The van der Waals surface area contributed by atoms with Crippen LogP contribution >= 0.6 is 0 Å². The molecule has 2 heterocycles. The van der Waals surface area contributed by atoms with E-state index >= 15 is 0 Å². The predicted octanol–water partition coefficient (Wildman–Crippen LogP) is 2.99. The van der Waals surface area contributed by atoms with E-state index < -0.39 is 0 Å². The van der Waals surface area contributed by atoms with Gasteiger partial charge in [0.25, 0.3) is 5.91 Å². The number of carbonyl (C=O) groups excluding carboxylic acids is 1. The van der Waals surface area contributed by atoms with E-state index in [0.717, 1.165) is 35.6 Å². The van der Waals surface area contributed by atoms with Crippen LogP contribution in [0.5, 0.6) is 5.75 Å². The Labute approximate surface area is 158 Å². The molecule has 4 rings (SSSR count). The fourth-order valence-corrected chi connectivity index (χ4v) is 3.42. The molecule has 1 atom stereocenters. The Morgan fingerprint density at radius 1 is 1.19 bits per heavy atom. The monoisotopic (exact) mass is 362 g/mol. The molecular weight excluding hydrogens is 340 g/mol. The van der Waals surface area contributed by atoms with Gasteiger partial charge in [-0.3, -0.25) is 9.78 Å². The molecular formula is C21H22N4O2. The zero-order valence-corrected chi connectivity index (χ0v) is 15.5. The number of nitrogens with zero attached hydrogens (tertiary/aromatic N) is 4. The molecule has 6 heteroatoms. The predicted molar refractivity (Wildman–Crippen MR) is 105 cm³/mol. The quantitative estimate of drug-likeness (QED) is 0.714. The minimum Gasteiger partial charge on any atom is -0.485 e. The van der Waals surface area contributed by atoms with Gasteiger partial charge < -0.3 is 14.5 Å². The third-order valence-corrected chi connectivity index (χ3v) is 4.80. The number of hydrogen-bond acceptors (Lipinski definition) is 5. The smallest absolute Gasteiger partial charge is 0.273 e. The Morgan fingerprint density at radius 3 is 2.74 bits per heavy atom. The Morgan fingerprint density at radius 2 is 1.93 bits per heavy atom. The molecule has 1 aliphatic heterocycles. The topological polar surface area (TPSA) is 58.6 Å². The summed E-state index contributed by atoms with van der Waals surface area (Å²) in [6.07, 6.45) is 1.44. The second-order valence-corrected chi connectivity index (χ2v) is 6.68. The summed E-state index contributed by atoms with van der Waals surface area (Å²) in [6.45, 7) is 4.25. The third kappa shape index (κ3) is 3.43. The zero-order valence-electron chi connectivity index (χ0n) is 15.5. The first-order valence-corrected chi connectivity index (χ1v) is 9.13. The summed E-state index contributed by atoms with van der Waals surface area (Å²) in [7, 11) is 1.78. The Bertz CT molecular complexity index is 975. The van der Waals surface area contributed by atoms with Crippen molar-refractivity contribution < 1.29 is 9.53 Å². The van der Waals surface area contributed by atoms with Crippen molar-refractivity contribution in [3.63, 3.8) is 0 Å². The molecule has 0 aliphatic carbocycles. The minimum absolute atomic E-state index is 0.0952. The highest BCUT2D eigenvalue weighted by Gasteiger charge is 2.27. The van der Waals surface area contributed by atoms with E-state index in [1.54, 1.807) is 11.9 Å². The Kier molecular flexibility index (Phi) is 4.62. The van der Waals surface area contributed by atoms with Crippen LogP contribution in [0.1, 0.15) is 17.4 Å². The number of hydrogen-bond donors (Lipinski definition) is 0. The maximum Gasteiger partial charge on any atom is 0.273 e. The maximum atomic E-state index is 12.8. The molecule has 0 N–H and O–H groups in total. The van der Waals surface area contributed by atoms with Crippen molar-refractivity contribution in [1.82, 2.24) is 14.9 Å². The number of amides is 1. The first kappa shape index (κ1) is 17.3. The second-order valence-electron chi connectivity index (χ2n) is 6.68. The molecule has 1 aromatic heterocycles. The summed E-state index contributed by atoms with van der Waals surface area (Å²) in [5.41, 5.74) is 2.95. The van der Waals surface area contributed by atoms with Gasteiger partial charge in [0.2, 0.25) is 0 Å². The standard InChI is InChI=1S/C21H22N4O2/c1-3-25-14-15(27-20-11-7-6-10-19(20)25)13-24(2)21(26)18-12-22-16-8-4-5-9-17(16)23-18/h4-12,15H,3,13-14H2,1-2H3/t15-/m0/s1. The lowest BCUT2D eigenvalue weighted by atomic mass is 10.1. The zero-order chi connectivity index (χ0) is 18.8. The van der Waals surface area contributed by atoms with Crippen LogP contribution in [0, 0.1) is 0 Å². The van der Waals surface area contributed by atoms with E-state index in [4.69, 9.17) is 4.74 Å². The normalized spacial score (nSPS) is 15.9. The van der Waals surface area contributed by atoms with Crippen molar-refractivity contribution in [1.29, 1.82) is 0 Å². The molecule has 0 radical (unpaired) electrons. The van der Waals surface area contributed by atoms with Gasteiger partial charge in [-0.15, -0.1) is 0 Å². The van der Waals surface area contributed by atoms with E-state index in [0.29, 0.717) is 12.2 Å². The lowest BCUT2D eigenvalue weighted by molar-refractivity contribution is 0.0704. The molecule has 0 unspecified atom stereocenters. The summed E-state index contributed by atoms with van der Waals surface area (Å²) in [5, 5.41) is 0. The summed E-state index contributed by atoms with van der Waals surface area (Å²) in [4.78, 5) is 25.5. The number of carbonyl (C=O) groups is 1. The van der Waals surface area contributed by atoms with Crippen molar-refractivity contribution in [3.05, 3.63) is 60.4 Å². The van der Waals surface area contributed by atoms with Crippen molar-refractivity contribution >= 4 is 22.6 Å². The molecule has 3 aromatic rings. The van der Waals surface area contributed by atoms with E-state index in [2.05, 4.69) is 27.9 Å². The number of rotatable bonds is 4. The fraction of sp³-hybridized carbons (Fsp3) is 0.286. The molecule has 0 fully saturated rings. The van der Waals surface area contributed by atoms with Crippen LogP contribution in [0.25, 0.3) is 11.0 Å². The molecule has 1 aliphatic rings. The lowest BCUT2D eigenvalue weighted by Crippen LogP contribution is -2.47. The molecule has 0 spiro atoms. The second kappa shape index (κ2) is 7.23. The van der Waals surface area contributed by atoms with Crippen LogP contribution in [0.2, 0.25) is 0 Å². The number of para-hydroxylation sites is 4. The van der Waals surface area contributed by atoms with Crippen LogP contribution in [-0.2, 0) is 0 Å². The van der Waals surface area contributed by atoms with Gasteiger partial charge in [0.15, 0.2) is 0 Å². The van der Waals surface area contributed by atoms with E-state index in [1.165, 1.54) is 6.20 Å². The lowest BCUT2D eigenvalue weighted by Gasteiger charge is -2.37. The molecule has 1 amide bonds. The molecule has 0 saturated carbocycles. The fourth-order valence-electron chi connectivity index (χ4n) is 3.42. The van der Waals surface area contributed by atoms with Gasteiger partial charge in [-0.05, 0) is 31.2 Å². The van der Waals surface area contributed by atoms with Crippen molar-refractivity contribution in [3.8, 4) is 5.75 Å². The maximum absolute atomic E-state index is 12.8. The van der Waals surface area contributed by atoms with E-state index in [1.807, 2.05) is 42.5 Å². The largest absolute Gasteiger partial charge is 0.485 e. The molecule has 27 heavy (non-hydrogen) atoms. The number of benzene rings is 2. The van der Waals surface area contributed by atoms with Crippen molar-refractivity contribution in [2.75, 3.05) is 31.6 Å². The van der Waals surface area contributed by atoms with Gasteiger partial charge >= 0.3 is 0 Å². The Hall–Kier alpha value is -3.15. The van der Waals surface area contributed by atoms with Gasteiger partial charge in [-0.25, -0.2) is 4.98 Å². The highest BCUT2D eigenvalue weighted by molar-refractivity contribution is 5.93. The summed E-state index contributed by atoms with van der Waals surface area (Å²) >= 11 is 0. The minimum atomic E-state index is -0.154. The van der Waals surface area contributed by atoms with Gasteiger partial charge in [0, 0.05) is 13.6 Å². The first-order valence-electron chi connectivity index (χ1n) is 9.13. The third-order valence-electron chi connectivity index (χ3n) is 4.80. The van der Waals surface area contributed by atoms with Crippen molar-refractivity contribution in [2.24, 2.45) is 0 Å². The van der Waals surface area contributed by atoms with E-state index in [9.17, 15) is 4.79 Å². The number of ether oxygens (including phenoxy) is 1. The highest BCUT2D eigenvalue weighted by atomic mass is 16.5. The molecule has 6 nitrogen and oxygen atoms in total. The molecule has 0 bridgehead atoms. The highest BCUT2D eigenvalue weighted by Crippen LogP contribution is 2.32. The average Bonchev–Trinajstić information content (AvgIpc) is 2.72. The SMILES string of the molecule is CCN1C[C@H](CN(C)C(=O)c2cnc3ccccc3n2)Oc2ccccc21. The molecule has 0 saturated heterocycles. The number of anilines is 1. The van der Waals surface area contributed by atoms with Crippen LogP contribution < -0.4 is 9.64 Å². The van der Waals surface area contributed by atoms with Crippen LogP contribution in [0.3, 0.4) is 0 Å². The molecule has 2 aromatic carbocycles. The number of aromatic nitrogens is 2. The van der Waals surface area contributed by atoms with Gasteiger partial charge in [0.05, 0.1) is 36.0 Å². The van der Waals surface area contributed by atoms with Crippen LogP contribution in [0.15, 0.2) is 54.7 Å². The van der Waals surface area contributed by atoms with Gasteiger partial charge in [-0.2, -0.15) is 0 Å². The summed E-state index contributed by atoms with van der Waals surface area (Å²) in [5.74, 6) is 0.709. The molecule has 138 valence electrons.